The molecule has 11 heteroatoms. The van der Waals surface area contributed by atoms with Crippen LogP contribution in [-0.2, 0) is 32.6 Å². The van der Waals surface area contributed by atoms with Crippen molar-refractivity contribution in [3.05, 3.63) is 94.0 Å². The molecule has 1 N–H and O–H groups in total. The zero-order chi connectivity index (χ0) is 30.2. The van der Waals surface area contributed by atoms with Gasteiger partial charge in [0.2, 0.25) is 21.8 Å². The van der Waals surface area contributed by atoms with Crippen LogP contribution in [0.25, 0.3) is 0 Å². The molecule has 3 rings (SSSR count). The summed E-state index contributed by atoms with van der Waals surface area (Å²) >= 11 is 12.4. The number of methoxy groups -OCH3 is 1. The maximum Gasteiger partial charge on any atom is 0.244 e. The number of anilines is 1. The van der Waals surface area contributed by atoms with Crippen molar-refractivity contribution in [2.45, 2.75) is 45.3 Å². The lowest BCUT2D eigenvalue weighted by Gasteiger charge is -2.34. The molecule has 8 nitrogen and oxygen atoms in total. The molecule has 0 saturated heterocycles. The van der Waals surface area contributed by atoms with Crippen LogP contribution in [0.2, 0.25) is 10.0 Å². The first kappa shape index (κ1) is 32.2. The molecule has 220 valence electrons. The summed E-state index contributed by atoms with van der Waals surface area (Å²) in [6.07, 6.45) is 1.94. The molecule has 0 spiro atoms. The van der Waals surface area contributed by atoms with E-state index in [0.717, 1.165) is 16.1 Å². The van der Waals surface area contributed by atoms with E-state index in [2.05, 4.69) is 5.32 Å². The first-order valence-corrected chi connectivity index (χ1v) is 15.7. The lowest BCUT2D eigenvalue weighted by molar-refractivity contribution is -0.140. The molecule has 0 bridgehead atoms. The van der Waals surface area contributed by atoms with Crippen LogP contribution in [0.4, 0.5) is 5.69 Å². The van der Waals surface area contributed by atoms with Crippen molar-refractivity contribution in [3.8, 4) is 5.75 Å². The fourth-order valence-corrected chi connectivity index (χ4v) is 5.37. The average molecular weight is 621 g/mol. The molecule has 0 aliphatic rings. The zero-order valence-corrected chi connectivity index (χ0v) is 25.8. The van der Waals surface area contributed by atoms with Gasteiger partial charge in [-0.1, -0.05) is 72.6 Å². The number of halogens is 2. The maximum absolute atomic E-state index is 14.1. The fourth-order valence-electron chi connectivity index (χ4n) is 4.21. The van der Waals surface area contributed by atoms with Gasteiger partial charge in [-0.2, -0.15) is 0 Å². The Kier molecular flexibility index (Phi) is 11.5. The number of benzene rings is 3. The molecule has 0 aromatic heterocycles. The predicted molar refractivity (Wildman–Crippen MR) is 164 cm³/mol. The van der Waals surface area contributed by atoms with Crippen molar-refractivity contribution in [2.24, 2.45) is 0 Å². The molecule has 2 amide bonds. The fraction of sp³-hybridized carbons (Fsp3) is 0.333. The minimum absolute atomic E-state index is 0.00311. The largest absolute Gasteiger partial charge is 0.497 e. The van der Waals surface area contributed by atoms with E-state index in [1.165, 1.54) is 18.1 Å². The van der Waals surface area contributed by atoms with Crippen LogP contribution in [0.15, 0.2) is 72.8 Å². The van der Waals surface area contributed by atoms with E-state index < -0.39 is 28.5 Å². The van der Waals surface area contributed by atoms with Gasteiger partial charge in [0.1, 0.15) is 18.3 Å². The summed E-state index contributed by atoms with van der Waals surface area (Å²) in [6, 6.07) is 19.7. The van der Waals surface area contributed by atoms with Gasteiger partial charge in [-0.15, -0.1) is 0 Å². The molecule has 41 heavy (non-hydrogen) atoms. The van der Waals surface area contributed by atoms with Crippen LogP contribution in [0.5, 0.6) is 5.75 Å². The van der Waals surface area contributed by atoms with Crippen molar-refractivity contribution in [1.82, 2.24) is 10.2 Å². The lowest BCUT2D eigenvalue weighted by Crippen LogP contribution is -2.54. The molecule has 3 aromatic carbocycles. The van der Waals surface area contributed by atoms with Crippen LogP contribution >= 0.6 is 23.2 Å². The number of nitrogens with zero attached hydrogens (tertiary/aromatic N) is 2. The molecular weight excluding hydrogens is 585 g/mol. The number of carbonyl (C=O) groups is 2. The SMILES string of the molecule is CC[C@H](C)NC(=O)[C@@H](Cc1ccccc1)N(Cc1ccc(Cl)c(Cl)c1)C(=O)CN(c1cccc(OC)c1)S(C)(=O)=O. The maximum atomic E-state index is 14.1. The summed E-state index contributed by atoms with van der Waals surface area (Å²) in [7, 11) is -2.42. The Hall–Kier alpha value is -3.27. The normalized spacial score (nSPS) is 12.7. The minimum atomic E-state index is -3.89. The van der Waals surface area contributed by atoms with Gasteiger partial charge in [-0.3, -0.25) is 13.9 Å². The number of sulfonamides is 1. The van der Waals surface area contributed by atoms with Gasteiger partial charge in [-0.25, -0.2) is 8.42 Å². The van der Waals surface area contributed by atoms with Crippen molar-refractivity contribution < 1.29 is 22.7 Å². The lowest BCUT2D eigenvalue weighted by atomic mass is 10.0. The van der Waals surface area contributed by atoms with Crippen LogP contribution in [-0.4, -0.2) is 57.1 Å². The monoisotopic (exact) mass is 619 g/mol. The van der Waals surface area contributed by atoms with Gasteiger partial charge in [0.05, 0.1) is 29.1 Å². The van der Waals surface area contributed by atoms with E-state index in [9.17, 15) is 18.0 Å². The third-order valence-corrected chi connectivity index (χ3v) is 8.51. The number of nitrogens with one attached hydrogen (secondary N) is 1. The second-order valence-corrected chi connectivity index (χ2v) is 12.5. The van der Waals surface area contributed by atoms with E-state index in [1.54, 1.807) is 36.4 Å². The van der Waals surface area contributed by atoms with Crippen LogP contribution < -0.4 is 14.4 Å². The highest BCUT2D eigenvalue weighted by Crippen LogP contribution is 2.26. The summed E-state index contributed by atoms with van der Waals surface area (Å²) in [5.41, 5.74) is 1.74. The van der Waals surface area contributed by atoms with E-state index in [-0.39, 0.29) is 30.6 Å². The molecule has 3 aromatic rings. The number of ether oxygens (including phenoxy) is 1. The molecule has 0 saturated carbocycles. The topological polar surface area (TPSA) is 96.0 Å². The zero-order valence-electron chi connectivity index (χ0n) is 23.5. The Balaban J connectivity index is 2.08. The Bertz CT molecular complexity index is 1450. The summed E-state index contributed by atoms with van der Waals surface area (Å²) in [5, 5.41) is 3.65. The Morgan fingerprint density at radius 1 is 0.951 bits per heavy atom. The van der Waals surface area contributed by atoms with Crippen molar-refractivity contribution >= 4 is 50.7 Å². The van der Waals surface area contributed by atoms with Crippen LogP contribution in [0.1, 0.15) is 31.4 Å². The number of amides is 2. The van der Waals surface area contributed by atoms with Crippen LogP contribution in [0, 0.1) is 0 Å². The summed E-state index contributed by atoms with van der Waals surface area (Å²) in [5.74, 6) is -0.473. The number of carbonyl (C=O) groups excluding carboxylic acids is 2. The van der Waals surface area contributed by atoms with Gasteiger partial charge < -0.3 is 15.0 Å². The highest BCUT2D eigenvalue weighted by molar-refractivity contribution is 7.92. The highest BCUT2D eigenvalue weighted by atomic mass is 35.5. The third-order valence-electron chi connectivity index (χ3n) is 6.63. The van der Waals surface area contributed by atoms with Gasteiger partial charge in [0, 0.05) is 25.1 Å². The highest BCUT2D eigenvalue weighted by Gasteiger charge is 2.33. The molecule has 0 fully saturated rings. The van der Waals surface area contributed by atoms with Crippen molar-refractivity contribution in [1.29, 1.82) is 0 Å². The summed E-state index contributed by atoms with van der Waals surface area (Å²) < 4.78 is 32.1. The third kappa shape index (κ3) is 9.11. The van der Waals surface area contributed by atoms with E-state index in [1.807, 2.05) is 44.2 Å². The quantitative estimate of drug-likeness (QED) is 0.279. The standard InChI is InChI=1S/C30H35Cl2N3O5S/c1-5-21(2)33-30(37)28(17-22-10-7-6-8-11-22)34(19-23-14-15-26(31)27(32)16-23)29(36)20-35(41(4,38)39)24-12-9-13-25(18-24)40-3/h6-16,18,21,28H,5,17,19-20H2,1-4H3,(H,33,37)/t21-,28+/m0/s1. The molecule has 0 radical (unpaired) electrons. The second kappa shape index (κ2) is 14.6. The minimum Gasteiger partial charge on any atom is -0.497 e. The van der Waals surface area contributed by atoms with Crippen LogP contribution in [0.3, 0.4) is 0 Å². The Labute approximate surface area is 252 Å². The molecular formula is C30H35Cl2N3O5S. The number of rotatable bonds is 13. The Morgan fingerprint density at radius 3 is 2.27 bits per heavy atom. The van der Waals surface area contributed by atoms with Gasteiger partial charge in [0.15, 0.2) is 0 Å². The molecule has 0 aliphatic heterocycles. The van der Waals surface area contributed by atoms with Crippen molar-refractivity contribution in [3.63, 3.8) is 0 Å². The summed E-state index contributed by atoms with van der Waals surface area (Å²) in [4.78, 5) is 29.2. The molecule has 2 atom stereocenters. The second-order valence-electron chi connectivity index (χ2n) is 9.76. The first-order valence-electron chi connectivity index (χ1n) is 13.1. The molecule has 0 unspecified atom stereocenters. The van der Waals surface area contributed by atoms with Crippen molar-refractivity contribution in [2.75, 3.05) is 24.2 Å². The van der Waals surface area contributed by atoms with E-state index >= 15 is 0 Å². The smallest absolute Gasteiger partial charge is 0.244 e. The summed E-state index contributed by atoms with van der Waals surface area (Å²) in [6.45, 7) is 3.30. The van der Waals surface area contributed by atoms with Gasteiger partial charge in [0.25, 0.3) is 0 Å². The number of hydrogen-bond acceptors (Lipinski definition) is 5. The van der Waals surface area contributed by atoms with E-state index in [0.29, 0.717) is 27.8 Å². The molecule has 0 heterocycles. The molecule has 0 aliphatic carbocycles. The predicted octanol–water partition coefficient (Wildman–Crippen LogP) is 5.32. The van der Waals surface area contributed by atoms with E-state index in [4.69, 9.17) is 27.9 Å². The first-order chi connectivity index (χ1) is 19.4. The van der Waals surface area contributed by atoms with Gasteiger partial charge >= 0.3 is 0 Å². The number of hydrogen-bond donors (Lipinski definition) is 1. The van der Waals surface area contributed by atoms with Gasteiger partial charge in [-0.05, 0) is 48.7 Å². The Morgan fingerprint density at radius 2 is 1.66 bits per heavy atom. The average Bonchev–Trinajstić information content (AvgIpc) is 2.95.